The Morgan fingerprint density at radius 1 is 1.33 bits per heavy atom. The van der Waals surface area contributed by atoms with E-state index in [1.165, 1.54) is 6.20 Å². The zero-order valence-corrected chi connectivity index (χ0v) is 11.4. The van der Waals surface area contributed by atoms with Crippen molar-refractivity contribution in [1.29, 1.82) is 0 Å². The highest BCUT2D eigenvalue weighted by Crippen LogP contribution is 2.27. The molecule has 0 fully saturated rings. The Morgan fingerprint density at radius 2 is 2.10 bits per heavy atom. The molecule has 0 aliphatic heterocycles. The van der Waals surface area contributed by atoms with Gasteiger partial charge in [0.1, 0.15) is 17.9 Å². The normalized spacial score (nSPS) is 10.7. The highest BCUT2D eigenvalue weighted by atomic mass is 16.5. The second kappa shape index (κ2) is 5.28. The Hall–Kier alpha value is -2.82. The molecule has 2 heterocycles. The second-order valence-corrected chi connectivity index (χ2v) is 4.63. The zero-order valence-electron chi connectivity index (χ0n) is 11.4. The van der Waals surface area contributed by atoms with E-state index in [4.69, 9.17) is 9.15 Å². The molecule has 21 heavy (non-hydrogen) atoms. The number of hydrogen-bond donors (Lipinski definition) is 1. The van der Waals surface area contributed by atoms with E-state index < -0.39 is 5.97 Å². The van der Waals surface area contributed by atoms with Gasteiger partial charge in [-0.2, -0.15) is 0 Å². The summed E-state index contributed by atoms with van der Waals surface area (Å²) in [5.74, 6) is -0.291. The van der Waals surface area contributed by atoms with Crippen LogP contribution in [0.1, 0.15) is 21.7 Å². The Balaban J connectivity index is 1.90. The monoisotopic (exact) mass is 283 g/mol. The maximum absolute atomic E-state index is 11.3. The molecule has 2 aromatic heterocycles. The number of carbonyl (C=O) groups is 1. The average molecular weight is 283 g/mol. The molecule has 0 bridgehead atoms. The second-order valence-electron chi connectivity index (χ2n) is 4.63. The van der Waals surface area contributed by atoms with Crippen molar-refractivity contribution in [2.75, 3.05) is 0 Å². The first-order valence-corrected chi connectivity index (χ1v) is 6.44. The van der Waals surface area contributed by atoms with Gasteiger partial charge in [-0.25, -0.2) is 9.78 Å². The van der Waals surface area contributed by atoms with Crippen LogP contribution in [0.3, 0.4) is 0 Å². The summed E-state index contributed by atoms with van der Waals surface area (Å²) in [4.78, 5) is 15.4. The standard InChI is InChI=1S/C16H13NO4/c1-10-15(16(18)19)12-7-14(17-8-13(12)21-10)20-9-11-5-3-2-4-6-11/h2-8H,9H2,1H3,(H,18,19). The van der Waals surface area contributed by atoms with Crippen molar-refractivity contribution in [2.45, 2.75) is 13.5 Å². The minimum absolute atomic E-state index is 0.150. The van der Waals surface area contributed by atoms with Crippen LogP contribution in [0.2, 0.25) is 0 Å². The maximum Gasteiger partial charge on any atom is 0.339 e. The molecule has 0 unspecified atom stereocenters. The highest BCUT2D eigenvalue weighted by molar-refractivity contribution is 6.03. The fourth-order valence-electron chi connectivity index (χ4n) is 2.18. The summed E-state index contributed by atoms with van der Waals surface area (Å²) in [6.07, 6.45) is 1.48. The number of aromatic carboxylic acids is 1. The smallest absolute Gasteiger partial charge is 0.339 e. The van der Waals surface area contributed by atoms with E-state index in [9.17, 15) is 9.90 Å². The Morgan fingerprint density at radius 3 is 2.81 bits per heavy atom. The molecule has 0 spiro atoms. The Kier molecular flexibility index (Phi) is 3.31. The van der Waals surface area contributed by atoms with Crippen LogP contribution in [0.15, 0.2) is 47.0 Å². The minimum atomic E-state index is -1.02. The average Bonchev–Trinajstić information content (AvgIpc) is 2.81. The summed E-state index contributed by atoms with van der Waals surface area (Å²) in [6.45, 7) is 1.99. The molecule has 106 valence electrons. The van der Waals surface area contributed by atoms with Crippen LogP contribution in [-0.4, -0.2) is 16.1 Å². The number of pyridine rings is 1. The van der Waals surface area contributed by atoms with Crippen molar-refractivity contribution in [2.24, 2.45) is 0 Å². The van der Waals surface area contributed by atoms with Crippen molar-refractivity contribution >= 4 is 16.9 Å². The lowest BCUT2D eigenvalue weighted by Gasteiger charge is -2.05. The van der Waals surface area contributed by atoms with Gasteiger partial charge in [0.25, 0.3) is 0 Å². The number of benzene rings is 1. The summed E-state index contributed by atoms with van der Waals surface area (Å²) in [5, 5.41) is 9.73. The van der Waals surface area contributed by atoms with Crippen LogP contribution in [0.25, 0.3) is 11.0 Å². The number of aromatic nitrogens is 1. The van der Waals surface area contributed by atoms with E-state index in [1.807, 2.05) is 30.3 Å². The molecular formula is C16H13NO4. The van der Waals surface area contributed by atoms with E-state index in [0.29, 0.717) is 29.2 Å². The molecule has 0 atom stereocenters. The number of nitrogens with zero attached hydrogens (tertiary/aromatic N) is 1. The number of carboxylic acids is 1. The Labute approximate surface area is 120 Å². The number of ether oxygens (including phenoxy) is 1. The van der Waals surface area contributed by atoms with Crippen molar-refractivity contribution in [3.8, 4) is 5.88 Å². The lowest BCUT2D eigenvalue weighted by Crippen LogP contribution is -1.99. The van der Waals surface area contributed by atoms with E-state index in [0.717, 1.165) is 5.56 Å². The van der Waals surface area contributed by atoms with Gasteiger partial charge in [-0.3, -0.25) is 0 Å². The van der Waals surface area contributed by atoms with Crippen molar-refractivity contribution in [1.82, 2.24) is 4.98 Å². The largest absolute Gasteiger partial charge is 0.478 e. The lowest BCUT2D eigenvalue weighted by atomic mass is 10.1. The maximum atomic E-state index is 11.3. The molecule has 0 saturated carbocycles. The molecule has 0 amide bonds. The predicted octanol–water partition coefficient (Wildman–Crippen LogP) is 3.41. The van der Waals surface area contributed by atoms with Crippen LogP contribution in [0.4, 0.5) is 0 Å². The van der Waals surface area contributed by atoms with Gasteiger partial charge in [0.05, 0.1) is 6.20 Å². The topological polar surface area (TPSA) is 72.6 Å². The van der Waals surface area contributed by atoms with Crippen molar-refractivity contribution < 1.29 is 19.1 Å². The third-order valence-corrected chi connectivity index (χ3v) is 3.17. The molecule has 3 aromatic rings. The number of carboxylic acid groups (broad SMARTS) is 1. The van der Waals surface area contributed by atoms with E-state index in [1.54, 1.807) is 13.0 Å². The van der Waals surface area contributed by atoms with Crippen molar-refractivity contribution in [3.05, 3.63) is 59.5 Å². The van der Waals surface area contributed by atoms with E-state index in [2.05, 4.69) is 4.98 Å². The molecule has 0 saturated heterocycles. The van der Waals surface area contributed by atoms with Crippen LogP contribution in [-0.2, 0) is 6.61 Å². The molecule has 1 N–H and O–H groups in total. The number of rotatable bonds is 4. The molecule has 1 aromatic carbocycles. The van der Waals surface area contributed by atoms with Gasteiger partial charge in [-0.15, -0.1) is 0 Å². The molecule has 0 aliphatic rings. The first-order chi connectivity index (χ1) is 10.1. The van der Waals surface area contributed by atoms with Crippen LogP contribution in [0, 0.1) is 6.92 Å². The minimum Gasteiger partial charge on any atom is -0.478 e. The number of fused-ring (bicyclic) bond motifs is 1. The fourth-order valence-corrected chi connectivity index (χ4v) is 2.18. The third-order valence-electron chi connectivity index (χ3n) is 3.17. The molecule has 0 radical (unpaired) electrons. The van der Waals surface area contributed by atoms with Crippen LogP contribution >= 0.6 is 0 Å². The quantitative estimate of drug-likeness (QED) is 0.794. The fraction of sp³-hybridized carbons (Fsp3) is 0.125. The first-order valence-electron chi connectivity index (χ1n) is 6.44. The van der Waals surface area contributed by atoms with Gasteiger partial charge in [0, 0.05) is 11.5 Å². The summed E-state index contributed by atoms with van der Waals surface area (Å²) >= 11 is 0. The van der Waals surface area contributed by atoms with Gasteiger partial charge >= 0.3 is 5.97 Å². The predicted molar refractivity (Wildman–Crippen MR) is 76.5 cm³/mol. The van der Waals surface area contributed by atoms with E-state index >= 15 is 0 Å². The summed E-state index contributed by atoms with van der Waals surface area (Å²) in [5.41, 5.74) is 1.61. The van der Waals surface area contributed by atoms with Gasteiger partial charge in [0.2, 0.25) is 5.88 Å². The molecular weight excluding hydrogens is 270 g/mol. The number of hydrogen-bond acceptors (Lipinski definition) is 4. The number of aryl methyl sites for hydroxylation is 1. The van der Waals surface area contributed by atoms with Crippen molar-refractivity contribution in [3.63, 3.8) is 0 Å². The summed E-state index contributed by atoms with van der Waals surface area (Å²) in [6, 6.07) is 11.3. The lowest BCUT2D eigenvalue weighted by molar-refractivity contribution is 0.0697. The molecule has 0 aliphatic carbocycles. The summed E-state index contributed by atoms with van der Waals surface area (Å²) in [7, 11) is 0. The first kappa shape index (κ1) is 13.2. The molecule has 3 rings (SSSR count). The van der Waals surface area contributed by atoms with Gasteiger partial charge < -0.3 is 14.3 Å². The zero-order chi connectivity index (χ0) is 14.8. The summed E-state index contributed by atoms with van der Waals surface area (Å²) < 4.78 is 11.0. The molecule has 5 heteroatoms. The van der Waals surface area contributed by atoms with Crippen LogP contribution < -0.4 is 4.74 Å². The van der Waals surface area contributed by atoms with E-state index in [-0.39, 0.29) is 5.56 Å². The SMILES string of the molecule is Cc1oc2cnc(OCc3ccccc3)cc2c1C(=O)O. The third kappa shape index (κ3) is 2.58. The number of furan rings is 1. The molecule has 5 nitrogen and oxygen atoms in total. The van der Waals surface area contributed by atoms with Gasteiger partial charge in [-0.05, 0) is 12.5 Å². The highest BCUT2D eigenvalue weighted by Gasteiger charge is 2.18. The van der Waals surface area contributed by atoms with Gasteiger partial charge in [0.15, 0.2) is 5.58 Å². The van der Waals surface area contributed by atoms with Gasteiger partial charge in [-0.1, -0.05) is 30.3 Å². The Bertz CT molecular complexity index is 793. The van der Waals surface area contributed by atoms with Crippen LogP contribution in [0.5, 0.6) is 5.88 Å².